The zero-order valence-corrected chi connectivity index (χ0v) is 15.0. The van der Waals surface area contributed by atoms with Gasteiger partial charge in [0, 0.05) is 10.4 Å². The number of ether oxygens (including phenoxy) is 1. The van der Waals surface area contributed by atoms with Gasteiger partial charge in [0.05, 0.1) is 24.2 Å². The lowest BCUT2D eigenvalue weighted by molar-refractivity contribution is 0.0601. The van der Waals surface area contributed by atoms with Crippen molar-refractivity contribution >= 4 is 34.3 Å². The molecule has 0 aliphatic carbocycles. The Morgan fingerprint density at radius 1 is 1.20 bits per heavy atom. The summed E-state index contributed by atoms with van der Waals surface area (Å²) in [7, 11) is 1.36. The van der Waals surface area contributed by atoms with Crippen molar-refractivity contribution in [2.24, 2.45) is 0 Å². The molecule has 0 amide bonds. The predicted octanol–water partition coefficient (Wildman–Crippen LogP) is 4.55. The summed E-state index contributed by atoms with van der Waals surface area (Å²) >= 11 is 6.08. The summed E-state index contributed by atoms with van der Waals surface area (Å²) in [5.74, 6) is 0.946. The number of hydrogen-bond donors (Lipinski definition) is 1. The van der Waals surface area contributed by atoms with E-state index in [1.807, 2.05) is 44.2 Å². The number of benzene rings is 2. The maximum Gasteiger partial charge on any atom is 0.337 e. The minimum Gasteiger partial charge on any atom is -0.465 e. The van der Waals surface area contributed by atoms with Crippen LogP contribution >= 0.6 is 11.6 Å². The second-order valence-electron chi connectivity index (χ2n) is 5.76. The number of fused-ring (bicyclic) bond motifs is 1. The number of aryl methyl sites for hydroxylation is 1. The quantitative estimate of drug-likeness (QED) is 0.695. The van der Waals surface area contributed by atoms with E-state index in [1.165, 1.54) is 7.11 Å². The Labute approximate surface area is 151 Å². The summed E-state index contributed by atoms with van der Waals surface area (Å²) in [6.45, 7) is 3.86. The van der Waals surface area contributed by atoms with E-state index in [-0.39, 0.29) is 12.0 Å². The van der Waals surface area contributed by atoms with Crippen molar-refractivity contribution in [1.82, 2.24) is 9.97 Å². The molecule has 0 saturated heterocycles. The number of halogens is 1. The zero-order valence-electron chi connectivity index (χ0n) is 14.2. The third-order valence-electron chi connectivity index (χ3n) is 3.93. The number of carbonyl (C=O) groups excluding carboxylic acids is 1. The summed E-state index contributed by atoms with van der Waals surface area (Å²) in [6.07, 6.45) is 0. The number of esters is 1. The number of nitrogens with one attached hydrogen (secondary N) is 1. The Balaban J connectivity index is 1.99. The highest BCUT2D eigenvalue weighted by atomic mass is 35.5. The third-order valence-corrected chi connectivity index (χ3v) is 4.17. The van der Waals surface area contributed by atoms with E-state index < -0.39 is 0 Å². The van der Waals surface area contributed by atoms with Gasteiger partial charge in [-0.15, -0.1) is 0 Å². The van der Waals surface area contributed by atoms with Gasteiger partial charge in [-0.25, -0.2) is 14.8 Å². The van der Waals surface area contributed by atoms with Gasteiger partial charge in [0.2, 0.25) is 0 Å². The van der Waals surface area contributed by atoms with Gasteiger partial charge < -0.3 is 10.1 Å². The van der Waals surface area contributed by atoms with Crippen LogP contribution in [0.1, 0.15) is 34.7 Å². The number of hydrogen-bond acceptors (Lipinski definition) is 5. The van der Waals surface area contributed by atoms with Gasteiger partial charge in [0.25, 0.3) is 0 Å². The highest BCUT2D eigenvalue weighted by Crippen LogP contribution is 2.26. The van der Waals surface area contributed by atoms with Gasteiger partial charge in [-0.1, -0.05) is 23.7 Å². The average molecular weight is 356 g/mol. The van der Waals surface area contributed by atoms with Crippen molar-refractivity contribution in [3.05, 3.63) is 64.4 Å². The van der Waals surface area contributed by atoms with Crippen LogP contribution in [0.2, 0.25) is 5.02 Å². The van der Waals surface area contributed by atoms with Crippen LogP contribution in [0.25, 0.3) is 10.9 Å². The number of anilines is 1. The monoisotopic (exact) mass is 355 g/mol. The van der Waals surface area contributed by atoms with E-state index in [0.29, 0.717) is 27.7 Å². The number of aromatic nitrogens is 2. The Morgan fingerprint density at radius 3 is 2.72 bits per heavy atom. The maximum atomic E-state index is 11.7. The average Bonchev–Trinajstić information content (AvgIpc) is 2.60. The van der Waals surface area contributed by atoms with Crippen molar-refractivity contribution in [2.45, 2.75) is 19.9 Å². The molecule has 1 unspecified atom stereocenters. The predicted molar refractivity (Wildman–Crippen MR) is 99.1 cm³/mol. The molecular weight excluding hydrogens is 338 g/mol. The van der Waals surface area contributed by atoms with Crippen molar-refractivity contribution in [1.29, 1.82) is 0 Å². The highest BCUT2D eigenvalue weighted by molar-refractivity contribution is 6.30. The topological polar surface area (TPSA) is 64.1 Å². The SMILES string of the molecule is COC(=O)c1ccc2c(NC(C)c3cccc(Cl)c3)nc(C)nc2c1. The Kier molecular flexibility index (Phi) is 4.86. The normalized spacial score (nSPS) is 12.0. The smallest absolute Gasteiger partial charge is 0.337 e. The molecule has 0 radical (unpaired) electrons. The van der Waals surface area contributed by atoms with Crippen molar-refractivity contribution in [3.63, 3.8) is 0 Å². The third kappa shape index (κ3) is 3.72. The van der Waals surface area contributed by atoms with Crippen LogP contribution < -0.4 is 5.32 Å². The molecule has 1 N–H and O–H groups in total. The van der Waals surface area contributed by atoms with Crippen LogP contribution in [-0.4, -0.2) is 23.0 Å². The minimum absolute atomic E-state index is 0.0106. The van der Waals surface area contributed by atoms with Gasteiger partial charge in [-0.3, -0.25) is 0 Å². The van der Waals surface area contributed by atoms with Gasteiger partial charge in [0.15, 0.2) is 0 Å². The minimum atomic E-state index is -0.389. The largest absolute Gasteiger partial charge is 0.465 e. The second-order valence-corrected chi connectivity index (χ2v) is 6.20. The molecule has 1 atom stereocenters. The molecule has 0 aliphatic rings. The first-order valence-corrected chi connectivity index (χ1v) is 8.24. The lowest BCUT2D eigenvalue weighted by Crippen LogP contribution is -2.10. The first kappa shape index (κ1) is 17.2. The first-order chi connectivity index (χ1) is 12.0. The van der Waals surface area contributed by atoms with Crippen LogP contribution in [0.4, 0.5) is 5.82 Å². The van der Waals surface area contributed by atoms with E-state index in [0.717, 1.165) is 10.9 Å². The molecule has 6 heteroatoms. The van der Waals surface area contributed by atoms with Crippen LogP contribution in [0.5, 0.6) is 0 Å². The molecule has 25 heavy (non-hydrogen) atoms. The molecule has 3 rings (SSSR count). The molecule has 0 bridgehead atoms. The molecule has 1 heterocycles. The summed E-state index contributed by atoms with van der Waals surface area (Å²) in [6, 6.07) is 13.0. The zero-order chi connectivity index (χ0) is 18.0. The Bertz CT molecular complexity index is 943. The summed E-state index contributed by atoms with van der Waals surface area (Å²) in [5.41, 5.74) is 2.21. The summed E-state index contributed by atoms with van der Waals surface area (Å²) < 4.78 is 4.77. The number of nitrogens with zero attached hydrogens (tertiary/aromatic N) is 2. The van der Waals surface area contributed by atoms with E-state index in [9.17, 15) is 4.79 Å². The van der Waals surface area contributed by atoms with Crippen LogP contribution in [0.3, 0.4) is 0 Å². The fourth-order valence-corrected chi connectivity index (χ4v) is 2.86. The second kappa shape index (κ2) is 7.07. The molecule has 0 saturated carbocycles. The fraction of sp³-hybridized carbons (Fsp3) is 0.211. The van der Waals surface area contributed by atoms with E-state index in [1.54, 1.807) is 12.1 Å². The standard InChI is InChI=1S/C19H18ClN3O2/c1-11(13-5-4-6-15(20)9-13)21-18-16-8-7-14(19(24)25-3)10-17(16)22-12(2)23-18/h4-11H,1-3H3,(H,21,22,23). The van der Waals surface area contributed by atoms with Crippen LogP contribution in [-0.2, 0) is 4.74 Å². The summed E-state index contributed by atoms with van der Waals surface area (Å²) in [4.78, 5) is 20.7. The lowest BCUT2D eigenvalue weighted by Gasteiger charge is -2.17. The molecule has 128 valence electrons. The van der Waals surface area contributed by atoms with Gasteiger partial charge >= 0.3 is 5.97 Å². The molecule has 0 fully saturated rings. The lowest BCUT2D eigenvalue weighted by atomic mass is 10.1. The highest BCUT2D eigenvalue weighted by Gasteiger charge is 2.13. The van der Waals surface area contributed by atoms with Crippen molar-refractivity contribution < 1.29 is 9.53 Å². The van der Waals surface area contributed by atoms with Gasteiger partial charge in [0.1, 0.15) is 11.6 Å². The van der Waals surface area contributed by atoms with Crippen LogP contribution in [0.15, 0.2) is 42.5 Å². The van der Waals surface area contributed by atoms with Crippen molar-refractivity contribution in [2.75, 3.05) is 12.4 Å². The summed E-state index contributed by atoms with van der Waals surface area (Å²) in [5, 5.41) is 4.94. The first-order valence-electron chi connectivity index (χ1n) is 7.86. The molecule has 2 aromatic carbocycles. The fourth-order valence-electron chi connectivity index (χ4n) is 2.66. The molecule has 1 aromatic heterocycles. The Hall–Kier alpha value is -2.66. The van der Waals surface area contributed by atoms with E-state index in [4.69, 9.17) is 16.3 Å². The maximum absolute atomic E-state index is 11.7. The Morgan fingerprint density at radius 2 is 2.00 bits per heavy atom. The molecule has 0 spiro atoms. The number of methoxy groups -OCH3 is 1. The van der Waals surface area contributed by atoms with Crippen LogP contribution in [0, 0.1) is 6.92 Å². The number of carbonyl (C=O) groups is 1. The van der Waals surface area contributed by atoms with Gasteiger partial charge in [-0.2, -0.15) is 0 Å². The van der Waals surface area contributed by atoms with E-state index in [2.05, 4.69) is 15.3 Å². The molecule has 0 aliphatic heterocycles. The van der Waals surface area contributed by atoms with E-state index >= 15 is 0 Å². The molecule has 3 aromatic rings. The number of rotatable bonds is 4. The molecular formula is C19H18ClN3O2. The molecule has 5 nitrogen and oxygen atoms in total. The van der Waals surface area contributed by atoms with Gasteiger partial charge in [-0.05, 0) is 49.7 Å². The van der Waals surface area contributed by atoms with Crippen molar-refractivity contribution in [3.8, 4) is 0 Å².